The summed E-state index contributed by atoms with van der Waals surface area (Å²) in [6.07, 6.45) is 1.39. The lowest BCUT2D eigenvalue weighted by atomic mass is 10.1. The molecule has 0 radical (unpaired) electrons. The van der Waals surface area contributed by atoms with Crippen molar-refractivity contribution in [1.82, 2.24) is 10.6 Å². The second-order valence-electron chi connectivity index (χ2n) is 5.30. The van der Waals surface area contributed by atoms with Crippen LogP contribution in [0.15, 0.2) is 60.3 Å². The average Bonchev–Trinajstić information content (AvgIpc) is 2.65. The summed E-state index contributed by atoms with van der Waals surface area (Å²) in [5.41, 5.74) is 2.57. The van der Waals surface area contributed by atoms with Gasteiger partial charge in [-0.1, -0.05) is 54.1 Å². The van der Waals surface area contributed by atoms with Gasteiger partial charge in [0.15, 0.2) is 0 Å². The van der Waals surface area contributed by atoms with Crippen molar-refractivity contribution in [3.8, 4) is 6.07 Å². The van der Waals surface area contributed by atoms with E-state index in [0.717, 1.165) is 16.7 Å². The molecule has 25 heavy (non-hydrogen) atoms. The molecule has 2 rings (SSSR count). The molecule has 5 nitrogen and oxygen atoms in total. The number of carbonyl (C=O) groups excluding carboxylic acids is 1. The molecule has 0 saturated heterocycles. The molecule has 3 N–H and O–H groups in total. The molecule has 0 unspecified atom stereocenters. The number of rotatable bonds is 7. The van der Waals surface area contributed by atoms with Crippen molar-refractivity contribution in [2.24, 2.45) is 0 Å². The van der Waals surface area contributed by atoms with E-state index < -0.39 is 5.91 Å². The molecule has 0 aliphatic rings. The standard InChI is InChI=1S/C19H18ClN3O2/c20-18-4-2-1-3-16(18)12-23-19(25)17(9-21)11-22-10-14-5-7-15(13-24)8-6-14/h1-8,11,22,24H,10,12-13H2,(H,23,25)/b17-11-. The van der Waals surface area contributed by atoms with Crippen LogP contribution in [0, 0.1) is 11.3 Å². The van der Waals surface area contributed by atoms with Crippen LogP contribution in [-0.4, -0.2) is 11.0 Å². The van der Waals surface area contributed by atoms with Gasteiger partial charge in [0.05, 0.1) is 6.61 Å². The molecule has 0 spiro atoms. The van der Waals surface area contributed by atoms with E-state index in [0.29, 0.717) is 11.6 Å². The van der Waals surface area contributed by atoms with Gasteiger partial charge in [0.25, 0.3) is 5.91 Å². The molecule has 0 aliphatic carbocycles. The fraction of sp³-hybridized carbons (Fsp3) is 0.158. The smallest absolute Gasteiger partial charge is 0.263 e. The number of nitriles is 1. The summed E-state index contributed by atoms with van der Waals surface area (Å²) in [4.78, 5) is 12.1. The predicted molar refractivity (Wildman–Crippen MR) is 96.2 cm³/mol. The Morgan fingerprint density at radius 1 is 1.12 bits per heavy atom. The topological polar surface area (TPSA) is 85.2 Å². The molecule has 0 bridgehead atoms. The van der Waals surface area contributed by atoms with Crippen LogP contribution in [0.1, 0.15) is 16.7 Å². The van der Waals surface area contributed by atoms with Crippen LogP contribution in [0.25, 0.3) is 0 Å². The first kappa shape index (κ1) is 18.5. The zero-order valence-corrected chi connectivity index (χ0v) is 14.3. The first-order valence-electron chi connectivity index (χ1n) is 7.68. The molecule has 0 heterocycles. The van der Waals surface area contributed by atoms with Crippen molar-refractivity contribution < 1.29 is 9.90 Å². The predicted octanol–water partition coefficient (Wildman–Crippen LogP) is 2.65. The van der Waals surface area contributed by atoms with Crippen molar-refractivity contribution in [2.45, 2.75) is 19.7 Å². The normalized spacial score (nSPS) is 10.8. The molecule has 0 aliphatic heterocycles. The van der Waals surface area contributed by atoms with Gasteiger partial charge in [0.1, 0.15) is 11.6 Å². The number of hydrogen-bond acceptors (Lipinski definition) is 4. The molecule has 0 saturated carbocycles. The summed E-state index contributed by atoms with van der Waals surface area (Å²) in [6, 6.07) is 16.5. The molecular formula is C19H18ClN3O2. The highest BCUT2D eigenvalue weighted by Gasteiger charge is 2.09. The third kappa shape index (κ3) is 5.64. The van der Waals surface area contributed by atoms with E-state index in [-0.39, 0.29) is 18.7 Å². The fourth-order valence-corrected chi connectivity index (χ4v) is 2.30. The average molecular weight is 356 g/mol. The van der Waals surface area contributed by atoms with E-state index in [1.54, 1.807) is 6.07 Å². The minimum absolute atomic E-state index is 0.00219. The van der Waals surface area contributed by atoms with E-state index in [1.165, 1.54) is 6.20 Å². The number of nitrogens with one attached hydrogen (secondary N) is 2. The van der Waals surface area contributed by atoms with Gasteiger partial charge in [0.2, 0.25) is 0 Å². The second-order valence-corrected chi connectivity index (χ2v) is 5.71. The summed E-state index contributed by atoms with van der Waals surface area (Å²) >= 11 is 6.04. The third-order valence-corrected chi connectivity index (χ3v) is 3.89. The highest BCUT2D eigenvalue weighted by molar-refractivity contribution is 6.31. The van der Waals surface area contributed by atoms with Crippen molar-refractivity contribution in [1.29, 1.82) is 5.26 Å². The Balaban J connectivity index is 1.89. The van der Waals surface area contributed by atoms with Crippen molar-refractivity contribution in [3.05, 3.63) is 82.0 Å². The zero-order valence-electron chi connectivity index (χ0n) is 13.5. The molecule has 2 aromatic rings. The van der Waals surface area contributed by atoms with Gasteiger partial charge in [-0.05, 0) is 22.8 Å². The summed E-state index contributed by atoms with van der Waals surface area (Å²) in [5, 5.41) is 24.3. The quantitative estimate of drug-likeness (QED) is 0.526. The monoisotopic (exact) mass is 355 g/mol. The molecule has 0 fully saturated rings. The Bertz CT molecular complexity index is 795. The second kappa shape index (κ2) is 9.48. The summed E-state index contributed by atoms with van der Waals surface area (Å²) in [5.74, 6) is -0.467. The number of hydrogen-bond donors (Lipinski definition) is 3. The van der Waals surface area contributed by atoms with Crippen LogP contribution in [0.4, 0.5) is 0 Å². The van der Waals surface area contributed by atoms with Gasteiger partial charge in [0, 0.05) is 24.3 Å². The van der Waals surface area contributed by atoms with Gasteiger partial charge in [-0.15, -0.1) is 0 Å². The third-order valence-electron chi connectivity index (χ3n) is 3.52. The Kier molecular flexibility index (Phi) is 7.02. The summed E-state index contributed by atoms with van der Waals surface area (Å²) in [7, 11) is 0. The Morgan fingerprint density at radius 3 is 2.44 bits per heavy atom. The molecule has 128 valence electrons. The lowest BCUT2D eigenvalue weighted by Gasteiger charge is -2.07. The maximum Gasteiger partial charge on any atom is 0.263 e. The number of aliphatic hydroxyl groups is 1. The van der Waals surface area contributed by atoms with Crippen molar-refractivity contribution in [3.63, 3.8) is 0 Å². The minimum Gasteiger partial charge on any atom is -0.392 e. The Labute approximate surface area is 151 Å². The van der Waals surface area contributed by atoms with E-state index in [1.807, 2.05) is 48.5 Å². The number of benzene rings is 2. The van der Waals surface area contributed by atoms with Gasteiger partial charge >= 0.3 is 0 Å². The maximum atomic E-state index is 12.1. The van der Waals surface area contributed by atoms with Crippen LogP contribution in [0.2, 0.25) is 5.02 Å². The van der Waals surface area contributed by atoms with Crippen LogP contribution >= 0.6 is 11.6 Å². The first-order chi connectivity index (χ1) is 12.1. The fourth-order valence-electron chi connectivity index (χ4n) is 2.09. The molecule has 2 aromatic carbocycles. The van der Waals surface area contributed by atoms with Gasteiger partial charge in [-0.25, -0.2) is 0 Å². The largest absolute Gasteiger partial charge is 0.392 e. The van der Waals surface area contributed by atoms with Gasteiger partial charge in [-0.3, -0.25) is 4.79 Å². The van der Waals surface area contributed by atoms with Crippen molar-refractivity contribution >= 4 is 17.5 Å². The maximum absolute atomic E-state index is 12.1. The van der Waals surface area contributed by atoms with E-state index in [9.17, 15) is 4.79 Å². The van der Waals surface area contributed by atoms with Crippen LogP contribution in [0.3, 0.4) is 0 Å². The SMILES string of the molecule is N#C/C(=C/NCc1ccc(CO)cc1)C(=O)NCc1ccccc1Cl. The molecular weight excluding hydrogens is 338 g/mol. The van der Waals surface area contributed by atoms with E-state index >= 15 is 0 Å². The van der Waals surface area contributed by atoms with Gasteiger partial charge < -0.3 is 15.7 Å². The van der Waals surface area contributed by atoms with Crippen molar-refractivity contribution in [2.75, 3.05) is 0 Å². The van der Waals surface area contributed by atoms with Crippen LogP contribution in [-0.2, 0) is 24.5 Å². The molecule has 0 aromatic heterocycles. The minimum atomic E-state index is -0.467. The Morgan fingerprint density at radius 2 is 1.80 bits per heavy atom. The summed E-state index contributed by atoms with van der Waals surface area (Å²) < 4.78 is 0. The highest BCUT2D eigenvalue weighted by Crippen LogP contribution is 2.14. The molecule has 0 atom stereocenters. The van der Waals surface area contributed by atoms with Crippen LogP contribution < -0.4 is 10.6 Å². The van der Waals surface area contributed by atoms with E-state index in [2.05, 4.69) is 10.6 Å². The number of carbonyl (C=O) groups is 1. The highest BCUT2D eigenvalue weighted by atomic mass is 35.5. The zero-order chi connectivity index (χ0) is 18.1. The number of nitrogens with zero attached hydrogens (tertiary/aromatic N) is 1. The number of aliphatic hydroxyl groups excluding tert-OH is 1. The number of halogens is 1. The summed E-state index contributed by atoms with van der Waals surface area (Å²) in [6.45, 7) is 0.715. The number of amides is 1. The first-order valence-corrected chi connectivity index (χ1v) is 8.05. The molecule has 1 amide bonds. The Hall–Kier alpha value is -2.81. The van der Waals surface area contributed by atoms with E-state index in [4.69, 9.17) is 22.0 Å². The lowest BCUT2D eigenvalue weighted by Crippen LogP contribution is -2.25. The van der Waals surface area contributed by atoms with Crippen LogP contribution in [0.5, 0.6) is 0 Å². The lowest BCUT2D eigenvalue weighted by molar-refractivity contribution is -0.117. The molecule has 6 heteroatoms. The van der Waals surface area contributed by atoms with Gasteiger partial charge in [-0.2, -0.15) is 5.26 Å².